The van der Waals surface area contributed by atoms with E-state index in [1.54, 1.807) is 31.0 Å². The number of aryl methyl sites for hydroxylation is 1. The lowest BCUT2D eigenvalue weighted by atomic mass is 9.80. The summed E-state index contributed by atoms with van der Waals surface area (Å²) < 4.78 is 7.68. The molecule has 2 fully saturated rings. The van der Waals surface area contributed by atoms with Crippen molar-refractivity contribution in [2.75, 3.05) is 26.8 Å². The number of nitrogens with one attached hydrogen (secondary N) is 1. The van der Waals surface area contributed by atoms with Gasteiger partial charge in [0.05, 0.1) is 12.5 Å². The Morgan fingerprint density at radius 3 is 2.82 bits per heavy atom. The van der Waals surface area contributed by atoms with Crippen molar-refractivity contribution >= 4 is 27.9 Å². The van der Waals surface area contributed by atoms with Crippen LogP contribution in [0.4, 0.5) is 0 Å². The molecule has 7 heteroatoms. The Kier molecular flexibility index (Phi) is 7.83. The summed E-state index contributed by atoms with van der Waals surface area (Å²) in [7, 11) is 3.43. The van der Waals surface area contributed by atoms with E-state index in [2.05, 4.69) is 44.3 Å². The lowest BCUT2D eigenvalue weighted by molar-refractivity contribution is -0.138. The molecular weight excluding hydrogens is 482 g/mol. The first-order valence-electron chi connectivity index (χ1n) is 11.6. The van der Waals surface area contributed by atoms with Gasteiger partial charge in [-0.1, -0.05) is 28.1 Å². The first-order chi connectivity index (χ1) is 16.0. The number of carbonyl (C=O) groups excluding carboxylic acids is 1. The lowest BCUT2D eigenvalue weighted by Gasteiger charge is -2.35. The van der Waals surface area contributed by atoms with E-state index in [1.807, 2.05) is 18.2 Å². The van der Waals surface area contributed by atoms with E-state index < -0.39 is 0 Å². The molecule has 1 aliphatic heterocycles. The molecule has 1 aliphatic carbocycles. The Morgan fingerprint density at radius 2 is 2.09 bits per heavy atom. The molecule has 2 heterocycles. The van der Waals surface area contributed by atoms with Crippen LogP contribution in [0, 0.1) is 5.92 Å². The fourth-order valence-electron chi connectivity index (χ4n) is 4.64. The van der Waals surface area contributed by atoms with E-state index in [0.29, 0.717) is 25.7 Å². The van der Waals surface area contributed by atoms with Gasteiger partial charge in [0, 0.05) is 50.0 Å². The summed E-state index contributed by atoms with van der Waals surface area (Å²) in [6.45, 7) is 2.66. The van der Waals surface area contributed by atoms with Crippen LogP contribution in [0.15, 0.2) is 51.9 Å². The van der Waals surface area contributed by atoms with Gasteiger partial charge in [-0.2, -0.15) is 0 Å². The van der Waals surface area contributed by atoms with Gasteiger partial charge in [0.1, 0.15) is 0 Å². The van der Waals surface area contributed by atoms with Crippen molar-refractivity contribution in [1.29, 1.82) is 0 Å². The molecule has 1 saturated carbocycles. The minimum Gasteiger partial charge on any atom is -0.381 e. The Hall–Kier alpha value is -2.22. The predicted octanol–water partition coefficient (Wildman–Crippen LogP) is 3.69. The maximum atomic E-state index is 13.9. The van der Waals surface area contributed by atoms with Crippen molar-refractivity contribution in [3.63, 3.8) is 0 Å². The molecular formula is C26H32BrN3O3. The zero-order chi connectivity index (χ0) is 23.4. The molecule has 4 rings (SSSR count). The number of aromatic nitrogens is 1. The molecule has 33 heavy (non-hydrogen) atoms. The molecule has 0 bridgehead atoms. The highest BCUT2D eigenvalue weighted by atomic mass is 79.9. The van der Waals surface area contributed by atoms with Gasteiger partial charge in [0.25, 0.3) is 5.56 Å². The Labute approximate surface area is 203 Å². The Morgan fingerprint density at radius 1 is 1.27 bits per heavy atom. The zero-order valence-corrected chi connectivity index (χ0v) is 20.9. The van der Waals surface area contributed by atoms with Crippen LogP contribution < -0.4 is 10.9 Å². The molecule has 2 aromatic rings. The predicted molar refractivity (Wildman–Crippen MR) is 134 cm³/mol. The van der Waals surface area contributed by atoms with Crippen LogP contribution in [0.5, 0.6) is 0 Å². The SMILES string of the molecule is COCC=Cc1cc(Br)cc(CN(C(=O)[C@@H]2CNCC[C@H]2c2ccn(C)c(=O)c2)C2CC2)c1. The number of nitrogens with zero attached hydrogens (tertiary/aromatic N) is 2. The minimum absolute atomic E-state index is 0.0283. The molecule has 1 aromatic carbocycles. The van der Waals surface area contributed by atoms with Gasteiger partial charge < -0.3 is 19.5 Å². The molecule has 0 spiro atoms. The molecule has 1 N–H and O–H groups in total. The second-order valence-corrected chi connectivity index (χ2v) is 9.98. The lowest BCUT2D eigenvalue weighted by Crippen LogP contribution is -2.47. The molecule has 1 saturated heterocycles. The van der Waals surface area contributed by atoms with Gasteiger partial charge in [-0.15, -0.1) is 0 Å². The number of pyridine rings is 1. The molecule has 2 atom stereocenters. The first-order valence-corrected chi connectivity index (χ1v) is 12.4. The third kappa shape index (κ3) is 6.02. The van der Waals surface area contributed by atoms with Crippen molar-refractivity contribution in [3.05, 3.63) is 74.1 Å². The number of amides is 1. The van der Waals surface area contributed by atoms with E-state index in [1.165, 1.54) is 0 Å². The number of carbonyl (C=O) groups is 1. The molecule has 1 aromatic heterocycles. The highest BCUT2D eigenvalue weighted by Gasteiger charge is 2.40. The largest absolute Gasteiger partial charge is 0.381 e. The van der Waals surface area contributed by atoms with Crippen molar-refractivity contribution < 1.29 is 9.53 Å². The zero-order valence-electron chi connectivity index (χ0n) is 19.3. The number of hydrogen-bond acceptors (Lipinski definition) is 4. The Balaban J connectivity index is 1.57. The summed E-state index contributed by atoms with van der Waals surface area (Å²) in [5.41, 5.74) is 3.13. The quantitative estimate of drug-likeness (QED) is 0.584. The highest BCUT2D eigenvalue weighted by molar-refractivity contribution is 9.10. The highest BCUT2D eigenvalue weighted by Crippen LogP contribution is 2.36. The first kappa shape index (κ1) is 23.9. The Bertz CT molecular complexity index is 1080. The number of hydrogen-bond donors (Lipinski definition) is 1. The van der Waals surface area contributed by atoms with Gasteiger partial charge in [-0.3, -0.25) is 9.59 Å². The summed E-state index contributed by atoms with van der Waals surface area (Å²) in [6, 6.07) is 10.3. The topological polar surface area (TPSA) is 63.6 Å². The van der Waals surface area contributed by atoms with Gasteiger partial charge in [-0.05, 0) is 72.7 Å². The minimum atomic E-state index is -0.167. The smallest absolute Gasteiger partial charge is 0.250 e. The van der Waals surface area contributed by atoms with Crippen LogP contribution in [0.25, 0.3) is 6.08 Å². The van der Waals surface area contributed by atoms with Gasteiger partial charge in [0.2, 0.25) is 5.91 Å². The van der Waals surface area contributed by atoms with Crippen molar-refractivity contribution in [2.24, 2.45) is 13.0 Å². The van der Waals surface area contributed by atoms with Crippen LogP contribution in [0.1, 0.15) is 41.9 Å². The number of methoxy groups -OCH3 is 1. The molecule has 176 valence electrons. The number of piperidine rings is 1. The average molecular weight is 514 g/mol. The summed E-state index contributed by atoms with van der Waals surface area (Å²) in [5.74, 6) is 0.0791. The van der Waals surface area contributed by atoms with Crippen LogP contribution in [0.3, 0.4) is 0 Å². The number of halogens is 1. The number of benzene rings is 1. The van der Waals surface area contributed by atoms with Gasteiger partial charge >= 0.3 is 0 Å². The maximum absolute atomic E-state index is 13.9. The molecule has 0 radical (unpaired) electrons. The van der Waals surface area contributed by atoms with Gasteiger partial charge in [-0.25, -0.2) is 0 Å². The normalized spacial score (nSPS) is 20.8. The molecule has 1 amide bonds. The van der Waals surface area contributed by atoms with E-state index in [4.69, 9.17) is 4.74 Å². The van der Waals surface area contributed by atoms with Crippen molar-refractivity contribution in [1.82, 2.24) is 14.8 Å². The average Bonchev–Trinajstić information content (AvgIpc) is 3.64. The van der Waals surface area contributed by atoms with Crippen LogP contribution >= 0.6 is 15.9 Å². The van der Waals surface area contributed by atoms with Crippen molar-refractivity contribution in [3.8, 4) is 0 Å². The standard InChI is InChI=1S/C26H32BrN3O3/c1-29-10-8-20(15-25(29)31)23-7-9-28-16-24(23)26(32)30(22-5-6-22)17-19-12-18(4-3-11-33-2)13-21(27)14-19/h3-4,8,10,12-15,22-24,28H,5-7,9,11,16-17H2,1-2H3/t23-,24+/m0/s1. The van der Waals surface area contributed by atoms with Crippen molar-refractivity contribution in [2.45, 2.75) is 37.8 Å². The summed E-state index contributed by atoms with van der Waals surface area (Å²) in [6.07, 6.45) is 8.79. The second kappa shape index (κ2) is 10.8. The third-order valence-electron chi connectivity index (χ3n) is 6.53. The van der Waals surface area contributed by atoms with Gasteiger partial charge in [0.15, 0.2) is 0 Å². The van der Waals surface area contributed by atoms with E-state index in [0.717, 1.165) is 47.0 Å². The fourth-order valence-corrected chi connectivity index (χ4v) is 5.20. The summed E-state index contributed by atoms with van der Waals surface area (Å²) in [4.78, 5) is 28.2. The monoisotopic (exact) mass is 513 g/mol. The van der Waals surface area contributed by atoms with E-state index in [-0.39, 0.29) is 23.3 Å². The number of rotatable bonds is 8. The second-order valence-electron chi connectivity index (χ2n) is 9.06. The van der Waals surface area contributed by atoms with E-state index >= 15 is 0 Å². The number of ether oxygens (including phenoxy) is 1. The van der Waals surface area contributed by atoms with Crippen LogP contribution in [-0.2, 0) is 23.1 Å². The van der Waals surface area contributed by atoms with Crippen LogP contribution in [0.2, 0.25) is 0 Å². The van der Waals surface area contributed by atoms with Crippen LogP contribution in [-0.4, -0.2) is 48.2 Å². The molecule has 2 aliphatic rings. The van der Waals surface area contributed by atoms with E-state index in [9.17, 15) is 9.59 Å². The maximum Gasteiger partial charge on any atom is 0.250 e. The summed E-state index contributed by atoms with van der Waals surface area (Å²) >= 11 is 3.62. The summed E-state index contributed by atoms with van der Waals surface area (Å²) in [5, 5.41) is 3.41. The molecule has 0 unspecified atom stereocenters. The fraction of sp³-hybridized carbons (Fsp3) is 0.462. The molecule has 6 nitrogen and oxygen atoms in total. The third-order valence-corrected chi connectivity index (χ3v) is 6.99.